The van der Waals surface area contributed by atoms with E-state index in [2.05, 4.69) is 4.98 Å². The molecule has 0 spiro atoms. The van der Waals surface area contributed by atoms with Crippen LogP contribution in [-0.2, 0) is 6.42 Å². The zero-order valence-corrected chi connectivity index (χ0v) is 9.78. The standard InChI is InChI=1S/C12H13NO2S/c1-15-12-4-2-3-10(13-12)11(14)7-9-5-6-16-8-9/h2-6,8,11,14H,7H2,1H3. The molecule has 0 aromatic carbocycles. The summed E-state index contributed by atoms with van der Waals surface area (Å²) in [6, 6.07) is 7.41. The summed E-state index contributed by atoms with van der Waals surface area (Å²) in [5.74, 6) is 0.530. The molecule has 2 heterocycles. The van der Waals surface area contributed by atoms with Crippen molar-refractivity contribution in [1.82, 2.24) is 4.98 Å². The Balaban J connectivity index is 2.11. The minimum Gasteiger partial charge on any atom is -0.481 e. The van der Waals surface area contributed by atoms with Gasteiger partial charge in [0, 0.05) is 12.5 Å². The van der Waals surface area contributed by atoms with Crippen molar-refractivity contribution in [2.75, 3.05) is 7.11 Å². The summed E-state index contributed by atoms with van der Waals surface area (Å²) in [5, 5.41) is 14.0. The predicted octanol–water partition coefficient (Wildman–Crippen LogP) is 2.43. The van der Waals surface area contributed by atoms with Crippen molar-refractivity contribution in [2.45, 2.75) is 12.5 Å². The normalized spacial score (nSPS) is 12.4. The molecule has 2 aromatic rings. The van der Waals surface area contributed by atoms with Crippen LogP contribution in [0.25, 0.3) is 0 Å². The number of aromatic nitrogens is 1. The van der Waals surface area contributed by atoms with E-state index in [1.807, 2.05) is 22.9 Å². The van der Waals surface area contributed by atoms with Crippen LogP contribution in [0.2, 0.25) is 0 Å². The van der Waals surface area contributed by atoms with Crippen LogP contribution in [0.15, 0.2) is 35.0 Å². The maximum Gasteiger partial charge on any atom is 0.213 e. The van der Waals surface area contributed by atoms with E-state index >= 15 is 0 Å². The average Bonchev–Trinajstić information content (AvgIpc) is 2.82. The van der Waals surface area contributed by atoms with Gasteiger partial charge in [0.2, 0.25) is 5.88 Å². The molecule has 0 bridgehead atoms. The van der Waals surface area contributed by atoms with E-state index in [0.29, 0.717) is 18.0 Å². The van der Waals surface area contributed by atoms with Crippen LogP contribution < -0.4 is 4.74 Å². The number of nitrogens with zero attached hydrogens (tertiary/aromatic N) is 1. The van der Waals surface area contributed by atoms with Gasteiger partial charge in [0.25, 0.3) is 0 Å². The highest BCUT2D eigenvalue weighted by molar-refractivity contribution is 7.07. The molecule has 0 aliphatic rings. The van der Waals surface area contributed by atoms with Gasteiger partial charge >= 0.3 is 0 Å². The highest BCUT2D eigenvalue weighted by atomic mass is 32.1. The Kier molecular flexibility index (Phi) is 3.54. The third-order valence-electron chi connectivity index (χ3n) is 2.30. The molecular weight excluding hydrogens is 222 g/mol. The molecule has 2 aromatic heterocycles. The van der Waals surface area contributed by atoms with Gasteiger partial charge in [-0.05, 0) is 28.5 Å². The zero-order valence-electron chi connectivity index (χ0n) is 8.96. The lowest BCUT2D eigenvalue weighted by atomic mass is 10.1. The Labute approximate surface area is 98.4 Å². The van der Waals surface area contributed by atoms with Crippen molar-refractivity contribution in [2.24, 2.45) is 0 Å². The number of hydrogen-bond acceptors (Lipinski definition) is 4. The second-order valence-corrected chi connectivity index (χ2v) is 4.24. The van der Waals surface area contributed by atoms with Crippen LogP contribution in [-0.4, -0.2) is 17.2 Å². The molecular formula is C12H13NO2S. The van der Waals surface area contributed by atoms with Crippen molar-refractivity contribution in [3.8, 4) is 5.88 Å². The molecule has 0 amide bonds. The van der Waals surface area contributed by atoms with Crippen LogP contribution in [0, 0.1) is 0 Å². The molecule has 84 valence electrons. The number of thiophene rings is 1. The monoisotopic (exact) mass is 235 g/mol. The minimum atomic E-state index is -0.579. The van der Waals surface area contributed by atoms with E-state index in [0.717, 1.165) is 5.56 Å². The first kappa shape index (κ1) is 11.1. The van der Waals surface area contributed by atoms with Crippen molar-refractivity contribution in [3.05, 3.63) is 46.3 Å². The van der Waals surface area contributed by atoms with Crippen molar-refractivity contribution in [3.63, 3.8) is 0 Å². The molecule has 1 N–H and O–H groups in total. The van der Waals surface area contributed by atoms with Gasteiger partial charge in [0.15, 0.2) is 0 Å². The molecule has 3 nitrogen and oxygen atoms in total. The van der Waals surface area contributed by atoms with Crippen molar-refractivity contribution < 1.29 is 9.84 Å². The predicted molar refractivity (Wildman–Crippen MR) is 63.8 cm³/mol. The van der Waals surface area contributed by atoms with E-state index in [4.69, 9.17) is 4.74 Å². The largest absolute Gasteiger partial charge is 0.481 e. The molecule has 0 radical (unpaired) electrons. The summed E-state index contributed by atoms with van der Waals surface area (Å²) >= 11 is 1.63. The van der Waals surface area contributed by atoms with E-state index < -0.39 is 6.10 Å². The molecule has 0 aliphatic heterocycles. The third-order valence-corrected chi connectivity index (χ3v) is 3.04. The lowest BCUT2D eigenvalue weighted by molar-refractivity contribution is 0.172. The molecule has 1 unspecified atom stereocenters. The number of aliphatic hydroxyl groups is 1. The van der Waals surface area contributed by atoms with E-state index in [1.165, 1.54) is 0 Å². The average molecular weight is 235 g/mol. The molecule has 4 heteroatoms. The molecule has 0 aliphatic carbocycles. The summed E-state index contributed by atoms with van der Waals surface area (Å²) in [6.07, 6.45) is 0.00799. The molecule has 0 fully saturated rings. The van der Waals surface area contributed by atoms with Crippen LogP contribution in [0.3, 0.4) is 0 Å². The van der Waals surface area contributed by atoms with Crippen LogP contribution in [0.1, 0.15) is 17.4 Å². The Bertz CT molecular complexity index is 442. The fourth-order valence-electron chi connectivity index (χ4n) is 1.47. The number of hydrogen-bond donors (Lipinski definition) is 1. The molecule has 0 saturated heterocycles. The number of methoxy groups -OCH3 is 1. The maximum absolute atomic E-state index is 10.00. The van der Waals surface area contributed by atoms with E-state index in [9.17, 15) is 5.11 Å². The lowest BCUT2D eigenvalue weighted by Crippen LogP contribution is -2.04. The van der Waals surface area contributed by atoms with E-state index in [-0.39, 0.29) is 0 Å². The van der Waals surface area contributed by atoms with Crippen LogP contribution in [0.5, 0.6) is 5.88 Å². The summed E-state index contributed by atoms with van der Waals surface area (Å²) in [6.45, 7) is 0. The summed E-state index contributed by atoms with van der Waals surface area (Å²) < 4.78 is 5.02. The zero-order chi connectivity index (χ0) is 11.4. The second-order valence-electron chi connectivity index (χ2n) is 3.46. The number of aliphatic hydroxyl groups excluding tert-OH is 1. The van der Waals surface area contributed by atoms with Gasteiger partial charge in [-0.3, -0.25) is 0 Å². The fraction of sp³-hybridized carbons (Fsp3) is 0.250. The van der Waals surface area contributed by atoms with Gasteiger partial charge in [-0.1, -0.05) is 6.07 Å². The number of pyridine rings is 1. The fourth-order valence-corrected chi connectivity index (χ4v) is 2.15. The highest BCUT2D eigenvalue weighted by Gasteiger charge is 2.11. The van der Waals surface area contributed by atoms with E-state index in [1.54, 1.807) is 30.6 Å². The third kappa shape index (κ3) is 2.59. The first-order chi connectivity index (χ1) is 7.79. The van der Waals surface area contributed by atoms with Gasteiger partial charge in [-0.15, -0.1) is 0 Å². The van der Waals surface area contributed by atoms with Crippen molar-refractivity contribution >= 4 is 11.3 Å². The Morgan fingerprint density at radius 3 is 3.00 bits per heavy atom. The first-order valence-electron chi connectivity index (χ1n) is 4.99. The highest BCUT2D eigenvalue weighted by Crippen LogP contribution is 2.19. The second kappa shape index (κ2) is 5.09. The smallest absolute Gasteiger partial charge is 0.213 e. The summed E-state index contributed by atoms with van der Waals surface area (Å²) in [5.41, 5.74) is 1.77. The summed E-state index contributed by atoms with van der Waals surface area (Å²) in [4.78, 5) is 4.20. The topological polar surface area (TPSA) is 42.4 Å². The Morgan fingerprint density at radius 1 is 1.44 bits per heavy atom. The van der Waals surface area contributed by atoms with Gasteiger partial charge in [0.1, 0.15) is 6.10 Å². The van der Waals surface area contributed by atoms with Gasteiger partial charge in [0.05, 0.1) is 12.8 Å². The molecule has 2 rings (SSSR count). The lowest BCUT2D eigenvalue weighted by Gasteiger charge is -2.09. The SMILES string of the molecule is COc1cccc(C(O)Cc2ccsc2)n1. The van der Waals surface area contributed by atoms with Gasteiger partial charge in [-0.25, -0.2) is 4.98 Å². The first-order valence-corrected chi connectivity index (χ1v) is 5.94. The molecule has 0 saturated carbocycles. The van der Waals surface area contributed by atoms with Gasteiger partial charge < -0.3 is 9.84 Å². The van der Waals surface area contributed by atoms with Crippen molar-refractivity contribution in [1.29, 1.82) is 0 Å². The number of rotatable bonds is 4. The summed E-state index contributed by atoms with van der Waals surface area (Å²) in [7, 11) is 1.57. The van der Waals surface area contributed by atoms with Crippen LogP contribution in [0.4, 0.5) is 0 Å². The maximum atomic E-state index is 10.00. The minimum absolute atomic E-state index is 0.530. The molecule has 16 heavy (non-hydrogen) atoms. The number of ether oxygens (including phenoxy) is 1. The Morgan fingerprint density at radius 2 is 2.31 bits per heavy atom. The van der Waals surface area contributed by atoms with Gasteiger partial charge in [-0.2, -0.15) is 11.3 Å². The quantitative estimate of drug-likeness (QED) is 0.885. The Hall–Kier alpha value is -1.39. The van der Waals surface area contributed by atoms with Crippen LogP contribution >= 0.6 is 11.3 Å². The molecule has 1 atom stereocenters.